The maximum Gasteiger partial charge on any atom is 0.300 e. The summed E-state index contributed by atoms with van der Waals surface area (Å²) >= 11 is 0. The van der Waals surface area contributed by atoms with Crippen LogP contribution in [0.1, 0.15) is 12.5 Å². The van der Waals surface area contributed by atoms with Crippen LogP contribution in [0.5, 0.6) is 0 Å². The fourth-order valence-corrected chi connectivity index (χ4v) is 0.981. The summed E-state index contributed by atoms with van der Waals surface area (Å²) < 4.78 is 0. The molecule has 0 amide bonds. The highest BCUT2D eigenvalue weighted by atomic mass is 16.4. The minimum absolute atomic E-state index is 0.833. The van der Waals surface area contributed by atoms with Gasteiger partial charge in [-0.2, -0.15) is 0 Å². The maximum absolute atomic E-state index is 9.00. The van der Waals surface area contributed by atoms with Gasteiger partial charge < -0.3 is 5.11 Å². The van der Waals surface area contributed by atoms with Crippen molar-refractivity contribution in [2.75, 3.05) is 0 Å². The molecule has 58 valence electrons. The molecule has 0 aromatic rings. The lowest BCUT2D eigenvalue weighted by Gasteiger charge is -2.17. The molecule has 0 radical (unpaired) electrons. The van der Waals surface area contributed by atoms with Gasteiger partial charge in [0.25, 0.3) is 5.97 Å². The first kappa shape index (κ1) is 7.79. The van der Waals surface area contributed by atoms with Crippen LogP contribution in [0.15, 0.2) is 18.2 Å². The third-order valence-electron chi connectivity index (χ3n) is 1.54. The molecule has 0 saturated carbocycles. The summed E-state index contributed by atoms with van der Waals surface area (Å²) in [6.45, 7) is 3.22. The molecule has 2 aliphatic carbocycles. The summed E-state index contributed by atoms with van der Waals surface area (Å²) in [6.07, 6.45) is 0. The van der Waals surface area contributed by atoms with Gasteiger partial charge in [-0.05, 0) is 23.6 Å². The molecular weight excluding hydrogens is 140 g/mol. The second kappa shape index (κ2) is 2.74. The van der Waals surface area contributed by atoms with E-state index in [1.807, 2.05) is 0 Å². The number of fused-ring (bicyclic) bond motifs is 1. The molecule has 0 unspecified atom stereocenters. The van der Waals surface area contributed by atoms with Crippen LogP contribution in [0.3, 0.4) is 0 Å². The van der Waals surface area contributed by atoms with Crippen molar-refractivity contribution in [2.45, 2.75) is 13.8 Å². The standard InChI is InChI=1S/C7H6.C2H4O2/c1-5-4-6-2-3-7(5)6;1-2(3)4/h2-4H,1H3;1H3,(H,3,4). The Bertz CT molecular complexity index is 286. The number of hydrogen-bond acceptors (Lipinski definition) is 1. The maximum atomic E-state index is 9.00. The van der Waals surface area contributed by atoms with Crippen LogP contribution in [0.4, 0.5) is 0 Å². The number of aryl methyl sites for hydroxylation is 1. The fourth-order valence-electron chi connectivity index (χ4n) is 0.981. The molecule has 0 atom stereocenters. The van der Waals surface area contributed by atoms with Crippen molar-refractivity contribution < 1.29 is 9.90 Å². The molecule has 1 N–H and O–H groups in total. The van der Waals surface area contributed by atoms with E-state index < -0.39 is 5.97 Å². The Labute approximate surface area is 65.5 Å². The Morgan fingerprint density at radius 3 is 2.00 bits per heavy atom. The molecule has 0 heterocycles. The summed E-state index contributed by atoms with van der Waals surface area (Å²) in [5.74, 6) is -0.833. The van der Waals surface area contributed by atoms with E-state index in [-0.39, 0.29) is 0 Å². The number of rotatable bonds is 0. The highest BCUT2D eigenvalue weighted by Gasteiger charge is 2.10. The highest BCUT2D eigenvalue weighted by molar-refractivity contribution is 5.80. The number of carbonyl (C=O) groups is 1. The van der Waals surface area contributed by atoms with Gasteiger partial charge in [0.05, 0.1) is 0 Å². The number of benzene rings is 1. The van der Waals surface area contributed by atoms with Crippen molar-refractivity contribution in [1.82, 2.24) is 0 Å². The monoisotopic (exact) mass is 150 g/mol. The minimum Gasteiger partial charge on any atom is -0.481 e. The predicted octanol–water partition coefficient (Wildman–Crippen LogP) is 2.07. The molecule has 0 aromatic carbocycles. The normalized spacial score (nSPS) is 9.64. The average molecular weight is 150 g/mol. The summed E-state index contributed by atoms with van der Waals surface area (Å²) in [5, 5.41) is 7.42. The Kier molecular flexibility index (Phi) is 1.94. The summed E-state index contributed by atoms with van der Waals surface area (Å²) in [5.41, 5.74) is 4.36. The van der Waals surface area contributed by atoms with E-state index in [9.17, 15) is 0 Å². The molecule has 0 bridgehead atoms. The van der Waals surface area contributed by atoms with Gasteiger partial charge in [-0.3, -0.25) is 4.79 Å². The summed E-state index contributed by atoms with van der Waals surface area (Å²) in [4.78, 5) is 9.00. The van der Waals surface area contributed by atoms with Crippen molar-refractivity contribution in [3.8, 4) is 11.1 Å². The van der Waals surface area contributed by atoms with Crippen molar-refractivity contribution in [3.63, 3.8) is 0 Å². The van der Waals surface area contributed by atoms with E-state index in [0.717, 1.165) is 6.92 Å². The van der Waals surface area contributed by atoms with Gasteiger partial charge in [0.1, 0.15) is 0 Å². The molecule has 2 aliphatic rings. The lowest BCUT2D eigenvalue weighted by Crippen LogP contribution is -1.93. The first-order valence-electron chi connectivity index (χ1n) is 3.42. The number of aliphatic carboxylic acids is 1. The third kappa shape index (κ3) is 1.58. The van der Waals surface area contributed by atoms with Crippen LogP contribution in [-0.2, 0) is 4.79 Å². The molecule has 2 heteroatoms. The number of hydrogen-bond donors (Lipinski definition) is 1. The van der Waals surface area contributed by atoms with E-state index in [1.54, 1.807) is 0 Å². The van der Waals surface area contributed by atoms with Gasteiger partial charge in [-0.25, -0.2) is 0 Å². The molecule has 0 spiro atoms. The van der Waals surface area contributed by atoms with Crippen LogP contribution >= 0.6 is 0 Å². The van der Waals surface area contributed by atoms with Gasteiger partial charge in [-0.1, -0.05) is 18.2 Å². The van der Waals surface area contributed by atoms with Crippen LogP contribution in [0, 0.1) is 6.92 Å². The molecule has 0 saturated heterocycles. The highest BCUT2D eigenvalue weighted by Crippen LogP contribution is 2.35. The van der Waals surface area contributed by atoms with Gasteiger partial charge in [0, 0.05) is 6.92 Å². The zero-order chi connectivity index (χ0) is 8.43. The van der Waals surface area contributed by atoms with Crippen molar-refractivity contribution in [3.05, 3.63) is 23.8 Å². The topological polar surface area (TPSA) is 37.3 Å². The summed E-state index contributed by atoms with van der Waals surface area (Å²) in [7, 11) is 0. The number of carboxylic acids is 1. The van der Waals surface area contributed by atoms with Crippen LogP contribution in [0.25, 0.3) is 11.1 Å². The first-order valence-corrected chi connectivity index (χ1v) is 3.42. The first-order chi connectivity index (χ1) is 5.11. The largest absolute Gasteiger partial charge is 0.481 e. The van der Waals surface area contributed by atoms with Crippen molar-refractivity contribution in [2.24, 2.45) is 0 Å². The van der Waals surface area contributed by atoms with Gasteiger partial charge in [-0.15, -0.1) is 0 Å². The lowest BCUT2D eigenvalue weighted by atomic mass is 9.88. The van der Waals surface area contributed by atoms with Crippen LogP contribution in [-0.4, -0.2) is 11.1 Å². The van der Waals surface area contributed by atoms with E-state index >= 15 is 0 Å². The fraction of sp³-hybridized carbons (Fsp3) is 0.222. The Hall–Kier alpha value is -1.31. The van der Waals surface area contributed by atoms with Crippen molar-refractivity contribution in [1.29, 1.82) is 0 Å². The smallest absolute Gasteiger partial charge is 0.300 e. The molecule has 2 rings (SSSR count). The molecule has 0 aliphatic heterocycles. The zero-order valence-corrected chi connectivity index (χ0v) is 6.59. The van der Waals surface area contributed by atoms with Gasteiger partial charge in [0.15, 0.2) is 0 Å². The van der Waals surface area contributed by atoms with Crippen molar-refractivity contribution >= 4 is 5.97 Å². The Morgan fingerprint density at radius 2 is 2.00 bits per heavy atom. The second-order valence-electron chi connectivity index (χ2n) is 2.55. The quantitative estimate of drug-likeness (QED) is 0.624. The Morgan fingerprint density at radius 1 is 1.45 bits per heavy atom. The lowest BCUT2D eigenvalue weighted by molar-refractivity contribution is -0.134. The van der Waals surface area contributed by atoms with E-state index in [1.165, 1.54) is 16.7 Å². The van der Waals surface area contributed by atoms with Crippen LogP contribution in [0.2, 0.25) is 0 Å². The second-order valence-corrected chi connectivity index (χ2v) is 2.55. The number of carboxylic acid groups (broad SMARTS) is 1. The third-order valence-corrected chi connectivity index (χ3v) is 1.54. The molecule has 11 heavy (non-hydrogen) atoms. The van der Waals surface area contributed by atoms with Crippen LogP contribution < -0.4 is 0 Å². The van der Waals surface area contributed by atoms with E-state index in [2.05, 4.69) is 25.1 Å². The molecule has 2 nitrogen and oxygen atoms in total. The molecular formula is C9H10O2. The predicted molar refractivity (Wildman–Crippen MR) is 43.5 cm³/mol. The average Bonchev–Trinajstić information content (AvgIpc) is 1.81. The molecule has 0 aromatic heterocycles. The summed E-state index contributed by atoms with van der Waals surface area (Å²) in [6, 6.07) is 6.50. The van der Waals surface area contributed by atoms with Gasteiger partial charge >= 0.3 is 0 Å². The van der Waals surface area contributed by atoms with E-state index in [4.69, 9.17) is 9.90 Å². The SMILES string of the molecule is CC(=O)O.Cc1cc2ccc1-2. The zero-order valence-electron chi connectivity index (χ0n) is 6.59. The van der Waals surface area contributed by atoms with E-state index in [0.29, 0.717) is 0 Å². The van der Waals surface area contributed by atoms with Gasteiger partial charge in [0.2, 0.25) is 0 Å². The minimum atomic E-state index is -0.833. The molecule has 0 fully saturated rings. The Balaban J connectivity index is 0.000000134.